The summed E-state index contributed by atoms with van der Waals surface area (Å²) in [4.78, 5) is 47.1. The van der Waals surface area contributed by atoms with Crippen molar-refractivity contribution in [3.63, 3.8) is 0 Å². The molecule has 0 heterocycles. The summed E-state index contributed by atoms with van der Waals surface area (Å²) < 4.78 is 5.86. The predicted octanol–water partition coefficient (Wildman–Crippen LogP) is 7.64. The summed E-state index contributed by atoms with van der Waals surface area (Å²) in [5, 5.41) is 22.4. The standard InChI is InChI=1S/C38H64N2O7/c1-3-5-7-9-11-13-14-16-22-26-30-37(44)47-33(27-23-19-15-12-10-8-6-4-2)28-24-20-17-18-21-25-29-35(42)39-31-36(43)40-34(32-41)38(45)46/h6-9,12,15,23,27,33-34,41H,3-5,10-11,13-14,16-22,24-26,28-32H2,1-2H3,(H,39,42)(H,40,43)(H,45,46)/b8-6-,9-7-,15-12-,27-23-. The topological polar surface area (TPSA) is 142 Å². The monoisotopic (exact) mass is 660 g/mol. The van der Waals surface area contributed by atoms with Gasteiger partial charge in [0.15, 0.2) is 0 Å². The van der Waals surface area contributed by atoms with Crippen molar-refractivity contribution in [2.75, 3.05) is 13.2 Å². The van der Waals surface area contributed by atoms with Crippen LogP contribution in [0.4, 0.5) is 0 Å². The Balaban J connectivity index is 4.33. The first-order chi connectivity index (χ1) is 22.8. The maximum Gasteiger partial charge on any atom is 0.328 e. The quantitative estimate of drug-likeness (QED) is 0.0340. The van der Waals surface area contributed by atoms with Gasteiger partial charge in [0, 0.05) is 12.8 Å². The lowest BCUT2D eigenvalue weighted by molar-refractivity contribution is -0.147. The zero-order chi connectivity index (χ0) is 34.8. The molecular formula is C38H64N2O7. The van der Waals surface area contributed by atoms with Gasteiger partial charge in [-0.2, -0.15) is 0 Å². The average Bonchev–Trinajstić information content (AvgIpc) is 3.05. The summed E-state index contributed by atoms with van der Waals surface area (Å²) in [7, 11) is 0. The molecule has 2 unspecified atom stereocenters. The molecule has 0 radical (unpaired) electrons. The Hall–Kier alpha value is -3.20. The molecule has 0 aliphatic heterocycles. The van der Waals surface area contributed by atoms with E-state index in [1.165, 1.54) is 19.3 Å². The minimum Gasteiger partial charge on any atom is -0.480 e. The van der Waals surface area contributed by atoms with Crippen LogP contribution in [0.1, 0.15) is 142 Å². The SMILES string of the molecule is CC/C=C\C/C=C\C/C=C\C(CCCCCCCCC(=O)NCC(=O)NC(CO)C(=O)O)OC(=O)CCCCCCC/C=C\CCC. The number of carboxylic acid groups (broad SMARTS) is 1. The number of allylic oxidation sites excluding steroid dienone is 7. The van der Waals surface area contributed by atoms with E-state index in [0.717, 1.165) is 89.9 Å². The van der Waals surface area contributed by atoms with E-state index in [1.54, 1.807) is 0 Å². The highest BCUT2D eigenvalue weighted by molar-refractivity contribution is 5.87. The molecule has 47 heavy (non-hydrogen) atoms. The normalized spacial score (nSPS) is 13.1. The summed E-state index contributed by atoms with van der Waals surface area (Å²) in [5.74, 6) is -2.38. The summed E-state index contributed by atoms with van der Waals surface area (Å²) in [6, 6.07) is -1.38. The Morgan fingerprint density at radius 1 is 0.681 bits per heavy atom. The van der Waals surface area contributed by atoms with Crippen LogP contribution in [-0.4, -0.2) is 59.3 Å². The van der Waals surface area contributed by atoms with Crippen molar-refractivity contribution in [2.45, 2.75) is 154 Å². The fraction of sp³-hybridized carbons (Fsp3) is 0.684. The molecule has 4 N–H and O–H groups in total. The lowest BCUT2D eigenvalue weighted by atomic mass is 10.1. The van der Waals surface area contributed by atoms with Gasteiger partial charge < -0.3 is 25.6 Å². The van der Waals surface area contributed by atoms with Crippen LogP contribution in [0, 0.1) is 0 Å². The van der Waals surface area contributed by atoms with Gasteiger partial charge in [-0.15, -0.1) is 0 Å². The molecule has 0 saturated carbocycles. The first kappa shape index (κ1) is 43.8. The van der Waals surface area contributed by atoms with E-state index in [4.69, 9.17) is 14.9 Å². The second kappa shape index (κ2) is 32.7. The third-order valence-electron chi connectivity index (χ3n) is 7.53. The second-order valence-electron chi connectivity index (χ2n) is 11.9. The average molecular weight is 661 g/mol. The smallest absolute Gasteiger partial charge is 0.328 e. The molecule has 0 aromatic rings. The number of hydrogen-bond donors (Lipinski definition) is 4. The largest absolute Gasteiger partial charge is 0.480 e. The minimum absolute atomic E-state index is 0.117. The Bertz CT molecular complexity index is 942. The lowest BCUT2D eigenvalue weighted by Crippen LogP contribution is -2.47. The van der Waals surface area contributed by atoms with Gasteiger partial charge in [-0.1, -0.05) is 108 Å². The molecule has 0 spiro atoms. The van der Waals surface area contributed by atoms with Crippen molar-refractivity contribution in [3.8, 4) is 0 Å². The van der Waals surface area contributed by atoms with Crippen molar-refractivity contribution in [1.82, 2.24) is 10.6 Å². The van der Waals surface area contributed by atoms with Crippen LogP contribution in [0.2, 0.25) is 0 Å². The van der Waals surface area contributed by atoms with E-state index in [2.05, 4.69) is 67.0 Å². The number of unbranched alkanes of at least 4 members (excludes halogenated alkanes) is 11. The maximum absolute atomic E-state index is 12.6. The van der Waals surface area contributed by atoms with Crippen molar-refractivity contribution in [3.05, 3.63) is 48.6 Å². The second-order valence-corrected chi connectivity index (χ2v) is 11.9. The first-order valence-electron chi connectivity index (χ1n) is 18.0. The van der Waals surface area contributed by atoms with Gasteiger partial charge in [-0.3, -0.25) is 14.4 Å². The van der Waals surface area contributed by atoms with Crippen LogP contribution >= 0.6 is 0 Å². The van der Waals surface area contributed by atoms with Gasteiger partial charge in [0.25, 0.3) is 0 Å². The number of hydrogen-bond acceptors (Lipinski definition) is 6. The number of ether oxygens (including phenoxy) is 1. The van der Waals surface area contributed by atoms with Gasteiger partial charge in [-0.25, -0.2) is 4.79 Å². The molecule has 9 heteroatoms. The van der Waals surface area contributed by atoms with Gasteiger partial charge in [-0.05, 0) is 70.3 Å². The number of aliphatic carboxylic acids is 1. The maximum atomic E-state index is 12.6. The highest BCUT2D eigenvalue weighted by atomic mass is 16.5. The van der Waals surface area contributed by atoms with Crippen LogP contribution in [0.15, 0.2) is 48.6 Å². The molecule has 2 amide bonds. The lowest BCUT2D eigenvalue weighted by Gasteiger charge is -2.14. The molecule has 268 valence electrons. The Morgan fingerprint density at radius 2 is 1.28 bits per heavy atom. The summed E-state index contributed by atoms with van der Waals surface area (Å²) >= 11 is 0. The van der Waals surface area contributed by atoms with Crippen molar-refractivity contribution in [1.29, 1.82) is 0 Å². The number of carbonyl (C=O) groups excluding carboxylic acids is 3. The number of carboxylic acids is 1. The molecule has 2 atom stereocenters. The predicted molar refractivity (Wildman–Crippen MR) is 190 cm³/mol. The molecule has 0 aromatic heterocycles. The van der Waals surface area contributed by atoms with Gasteiger partial charge in [0.05, 0.1) is 13.2 Å². The van der Waals surface area contributed by atoms with E-state index in [0.29, 0.717) is 12.8 Å². The number of carbonyl (C=O) groups is 4. The number of aliphatic hydroxyl groups excluding tert-OH is 1. The zero-order valence-electron chi connectivity index (χ0n) is 29.3. The van der Waals surface area contributed by atoms with Crippen LogP contribution in [0.5, 0.6) is 0 Å². The van der Waals surface area contributed by atoms with E-state index >= 15 is 0 Å². The zero-order valence-corrected chi connectivity index (χ0v) is 29.3. The van der Waals surface area contributed by atoms with Gasteiger partial charge >= 0.3 is 11.9 Å². The molecule has 0 aliphatic rings. The molecule has 9 nitrogen and oxygen atoms in total. The van der Waals surface area contributed by atoms with Crippen LogP contribution in [-0.2, 0) is 23.9 Å². The fourth-order valence-corrected chi connectivity index (χ4v) is 4.77. The van der Waals surface area contributed by atoms with Gasteiger partial charge in [0.2, 0.25) is 11.8 Å². The Morgan fingerprint density at radius 3 is 1.94 bits per heavy atom. The summed E-state index contributed by atoms with van der Waals surface area (Å²) in [5.41, 5.74) is 0. The fourth-order valence-electron chi connectivity index (χ4n) is 4.77. The van der Waals surface area contributed by atoms with E-state index in [-0.39, 0.29) is 30.9 Å². The number of aliphatic hydroxyl groups is 1. The molecule has 0 aromatic carbocycles. The molecular weight excluding hydrogens is 596 g/mol. The highest BCUT2D eigenvalue weighted by Crippen LogP contribution is 2.15. The van der Waals surface area contributed by atoms with Crippen LogP contribution in [0.25, 0.3) is 0 Å². The number of rotatable bonds is 31. The summed E-state index contributed by atoms with van der Waals surface area (Å²) in [6.07, 6.45) is 35.9. The van der Waals surface area contributed by atoms with Crippen molar-refractivity contribution < 1.29 is 34.1 Å². The van der Waals surface area contributed by atoms with Crippen LogP contribution < -0.4 is 10.6 Å². The molecule has 0 saturated heterocycles. The third-order valence-corrected chi connectivity index (χ3v) is 7.53. The number of esters is 1. The number of nitrogens with one attached hydrogen (secondary N) is 2. The van der Waals surface area contributed by atoms with Crippen LogP contribution in [0.3, 0.4) is 0 Å². The van der Waals surface area contributed by atoms with Gasteiger partial charge in [0.1, 0.15) is 12.1 Å². The molecule has 0 aliphatic carbocycles. The third kappa shape index (κ3) is 29.9. The Labute approximate surface area is 284 Å². The van der Waals surface area contributed by atoms with Crippen molar-refractivity contribution >= 4 is 23.8 Å². The van der Waals surface area contributed by atoms with E-state index in [1.807, 2.05) is 6.08 Å². The minimum atomic E-state index is -1.38. The molecule has 0 rings (SSSR count). The number of amides is 2. The van der Waals surface area contributed by atoms with E-state index in [9.17, 15) is 19.2 Å². The highest BCUT2D eigenvalue weighted by Gasteiger charge is 2.18. The molecule has 0 bridgehead atoms. The molecule has 0 fully saturated rings. The summed E-state index contributed by atoms with van der Waals surface area (Å²) in [6.45, 7) is 3.27. The van der Waals surface area contributed by atoms with E-state index < -0.39 is 24.5 Å². The Kier molecular flexibility index (Phi) is 30.5. The first-order valence-corrected chi connectivity index (χ1v) is 18.0. The van der Waals surface area contributed by atoms with Crippen molar-refractivity contribution in [2.24, 2.45) is 0 Å².